The standard InChI is InChI=1S/C18H24N6O/c1-23-17(25)9-8-16(22-23)24-10-3-2-5-13(24)11-19-18-14-6-4-7-15(14)20-12-21-18/h8-9,12-13H,2-7,10-11H2,1H3,(H,19,20,21). The van der Waals surface area contributed by atoms with Gasteiger partial charge in [0.05, 0.1) is 0 Å². The van der Waals surface area contributed by atoms with E-state index in [1.54, 1.807) is 19.4 Å². The third-order valence-corrected chi connectivity index (χ3v) is 5.25. The van der Waals surface area contributed by atoms with Crippen LogP contribution in [0, 0.1) is 0 Å². The fourth-order valence-electron chi connectivity index (χ4n) is 3.88. The van der Waals surface area contributed by atoms with Gasteiger partial charge in [-0.3, -0.25) is 4.79 Å². The van der Waals surface area contributed by atoms with E-state index in [-0.39, 0.29) is 5.56 Å². The number of piperidine rings is 1. The maximum Gasteiger partial charge on any atom is 0.266 e. The van der Waals surface area contributed by atoms with E-state index in [1.807, 2.05) is 6.07 Å². The van der Waals surface area contributed by atoms with Crippen LogP contribution in [0.1, 0.15) is 36.9 Å². The quantitative estimate of drug-likeness (QED) is 0.910. The van der Waals surface area contributed by atoms with Crippen molar-refractivity contribution in [2.75, 3.05) is 23.3 Å². The average molecular weight is 340 g/mol. The van der Waals surface area contributed by atoms with Crippen LogP contribution in [0.4, 0.5) is 11.6 Å². The van der Waals surface area contributed by atoms with E-state index < -0.39 is 0 Å². The Labute approximate surface area is 147 Å². The van der Waals surface area contributed by atoms with Gasteiger partial charge >= 0.3 is 0 Å². The lowest BCUT2D eigenvalue weighted by Gasteiger charge is -2.36. The maximum absolute atomic E-state index is 11.6. The molecule has 1 N–H and O–H groups in total. The summed E-state index contributed by atoms with van der Waals surface area (Å²) < 4.78 is 1.41. The molecule has 1 atom stereocenters. The van der Waals surface area contributed by atoms with Crippen LogP contribution in [-0.2, 0) is 19.9 Å². The Morgan fingerprint density at radius 2 is 2.12 bits per heavy atom. The molecule has 0 radical (unpaired) electrons. The van der Waals surface area contributed by atoms with Crippen molar-refractivity contribution < 1.29 is 0 Å². The van der Waals surface area contributed by atoms with Crippen LogP contribution in [0.5, 0.6) is 0 Å². The summed E-state index contributed by atoms with van der Waals surface area (Å²) in [6.45, 7) is 1.80. The Morgan fingerprint density at radius 3 is 3.00 bits per heavy atom. The second kappa shape index (κ2) is 6.82. The van der Waals surface area contributed by atoms with Crippen molar-refractivity contribution in [2.24, 2.45) is 7.05 Å². The number of anilines is 2. The maximum atomic E-state index is 11.6. The van der Waals surface area contributed by atoms with Crippen LogP contribution in [0.2, 0.25) is 0 Å². The van der Waals surface area contributed by atoms with Gasteiger partial charge in [-0.25, -0.2) is 14.6 Å². The highest BCUT2D eigenvalue weighted by atomic mass is 16.1. The molecule has 1 aliphatic heterocycles. The van der Waals surface area contributed by atoms with E-state index in [4.69, 9.17) is 0 Å². The molecule has 132 valence electrons. The zero-order valence-corrected chi connectivity index (χ0v) is 14.6. The van der Waals surface area contributed by atoms with Crippen molar-refractivity contribution in [2.45, 2.75) is 44.6 Å². The molecule has 2 aromatic rings. The second-order valence-electron chi connectivity index (χ2n) is 6.88. The molecule has 0 saturated carbocycles. The summed E-state index contributed by atoms with van der Waals surface area (Å²) in [5.74, 6) is 1.86. The minimum absolute atomic E-state index is 0.0769. The summed E-state index contributed by atoms with van der Waals surface area (Å²) in [6.07, 6.45) is 8.45. The van der Waals surface area contributed by atoms with Crippen molar-refractivity contribution in [1.29, 1.82) is 0 Å². The molecule has 0 bridgehead atoms. The topological polar surface area (TPSA) is 75.9 Å². The zero-order valence-electron chi connectivity index (χ0n) is 14.6. The largest absolute Gasteiger partial charge is 0.368 e. The number of aromatic nitrogens is 4. The molecule has 25 heavy (non-hydrogen) atoms. The normalized spacial score (nSPS) is 19.7. The highest BCUT2D eigenvalue weighted by molar-refractivity contribution is 5.49. The van der Waals surface area contributed by atoms with Crippen molar-refractivity contribution in [3.05, 3.63) is 40.1 Å². The molecule has 0 amide bonds. The van der Waals surface area contributed by atoms with E-state index in [9.17, 15) is 4.79 Å². The number of rotatable bonds is 4. The van der Waals surface area contributed by atoms with Gasteiger partial charge in [0.25, 0.3) is 5.56 Å². The summed E-state index contributed by atoms with van der Waals surface area (Å²) in [4.78, 5) is 22.8. The van der Waals surface area contributed by atoms with E-state index in [0.29, 0.717) is 6.04 Å². The third-order valence-electron chi connectivity index (χ3n) is 5.25. The van der Waals surface area contributed by atoms with Gasteiger partial charge in [-0.1, -0.05) is 0 Å². The Kier molecular flexibility index (Phi) is 4.38. The van der Waals surface area contributed by atoms with E-state index in [2.05, 4.69) is 25.3 Å². The fourth-order valence-corrected chi connectivity index (χ4v) is 3.88. The first-order chi connectivity index (χ1) is 12.2. The fraction of sp³-hybridized carbons (Fsp3) is 0.556. The molecule has 7 nitrogen and oxygen atoms in total. The number of nitrogens with one attached hydrogen (secondary N) is 1. The van der Waals surface area contributed by atoms with Gasteiger partial charge in [-0.05, 0) is 44.6 Å². The van der Waals surface area contributed by atoms with E-state index in [0.717, 1.165) is 50.4 Å². The summed E-state index contributed by atoms with van der Waals surface area (Å²) in [6, 6.07) is 3.78. The predicted octanol–water partition coefficient (Wildman–Crippen LogP) is 1.53. The molecule has 7 heteroatoms. The van der Waals surface area contributed by atoms with Crippen molar-refractivity contribution in [3.63, 3.8) is 0 Å². The van der Waals surface area contributed by atoms with E-state index >= 15 is 0 Å². The lowest BCUT2D eigenvalue weighted by Crippen LogP contribution is -2.45. The molecule has 1 fully saturated rings. The number of fused-ring (bicyclic) bond motifs is 1. The van der Waals surface area contributed by atoms with Gasteiger partial charge in [0.2, 0.25) is 0 Å². The van der Waals surface area contributed by atoms with Gasteiger partial charge < -0.3 is 10.2 Å². The SMILES string of the molecule is Cn1nc(N2CCCCC2CNc2ncnc3c2CCC3)ccc1=O. The molecular weight excluding hydrogens is 316 g/mol. The zero-order chi connectivity index (χ0) is 17.2. The molecule has 1 unspecified atom stereocenters. The van der Waals surface area contributed by atoms with Gasteiger partial charge in [0, 0.05) is 43.5 Å². The average Bonchev–Trinajstić information content (AvgIpc) is 3.12. The number of nitrogens with zero attached hydrogens (tertiary/aromatic N) is 5. The Bertz CT molecular complexity index is 817. The lowest BCUT2D eigenvalue weighted by molar-refractivity contribution is 0.464. The van der Waals surface area contributed by atoms with Crippen LogP contribution in [0.25, 0.3) is 0 Å². The van der Waals surface area contributed by atoms with Gasteiger partial charge in [-0.2, -0.15) is 5.10 Å². The summed E-state index contributed by atoms with van der Waals surface area (Å²) in [5, 5.41) is 7.99. The Balaban J connectivity index is 1.51. The minimum Gasteiger partial charge on any atom is -0.368 e. The van der Waals surface area contributed by atoms with Gasteiger partial charge in [-0.15, -0.1) is 0 Å². The van der Waals surface area contributed by atoms with Crippen molar-refractivity contribution in [1.82, 2.24) is 19.7 Å². The monoisotopic (exact) mass is 340 g/mol. The summed E-state index contributed by atoms with van der Waals surface area (Å²) in [5.41, 5.74) is 2.40. The number of hydrogen-bond donors (Lipinski definition) is 1. The smallest absolute Gasteiger partial charge is 0.266 e. The van der Waals surface area contributed by atoms with Gasteiger partial charge in [0.15, 0.2) is 0 Å². The molecule has 0 aromatic carbocycles. The van der Waals surface area contributed by atoms with Crippen LogP contribution in [-0.4, -0.2) is 38.9 Å². The summed E-state index contributed by atoms with van der Waals surface area (Å²) >= 11 is 0. The number of hydrogen-bond acceptors (Lipinski definition) is 6. The lowest BCUT2D eigenvalue weighted by atomic mass is 10.0. The first kappa shape index (κ1) is 16.1. The molecule has 2 aliphatic rings. The number of aryl methyl sites for hydroxylation is 2. The Hall–Kier alpha value is -2.44. The molecular formula is C18H24N6O. The Morgan fingerprint density at radius 1 is 1.20 bits per heavy atom. The summed E-state index contributed by atoms with van der Waals surface area (Å²) in [7, 11) is 1.70. The first-order valence-corrected chi connectivity index (χ1v) is 9.10. The first-order valence-electron chi connectivity index (χ1n) is 9.10. The van der Waals surface area contributed by atoms with Crippen molar-refractivity contribution >= 4 is 11.6 Å². The van der Waals surface area contributed by atoms with Gasteiger partial charge in [0.1, 0.15) is 18.0 Å². The van der Waals surface area contributed by atoms with Crippen LogP contribution in [0.3, 0.4) is 0 Å². The second-order valence-corrected chi connectivity index (χ2v) is 6.88. The molecule has 1 saturated heterocycles. The highest BCUT2D eigenvalue weighted by Crippen LogP contribution is 2.26. The molecule has 0 spiro atoms. The van der Waals surface area contributed by atoms with Crippen LogP contribution >= 0.6 is 0 Å². The molecule has 2 aromatic heterocycles. The van der Waals surface area contributed by atoms with Crippen molar-refractivity contribution in [3.8, 4) is 0 Å². The van der Waals surface area contributed by atoms with Crippen LogP contribution < -0.4 is 15.8 Å². The van der Waals surface area contributed by atoms with E-state index in [1.165, 1.54) is 28.8 Å². The predicted molar refractivity (Wildman–Crippen MR) is 97.0 cm³/mol. The minimum atomic E-state index is -0.0769. The molecule has 3 heterocycles. The highest BCUT2D eigenvalue weighted by Gasteiger charge is 2.25. The molecule has 4 rings (SSSR count). The molecule has 1 aliphatic carbocycles. The third kappa shape index (κ3) is 3.23. The van der Waals surface area contributed by atoms with Crippen LogP contribution in [0.15, 0.2) is 23.3 Å².